The second-order valence-corrected chi connectivity index (χ2v) is 20.8. The van der Waals surface area contributed by atoms with Crippen LogP contribution in [0.3, 0.4) is 0 Å². The first-order valence-electron chi connectivity index (χ1n) is 18.6. The topological polar surface area (TPSA) is 131 Å². The summed E-state index contributed by atoms with van der Waals surface area (Å²) in [5.74, 6) is 0.543. The van der Waals surface area contributed by atoms with E-state index in [1.165, 1.54) is 5.19 Å². The van der Waals surface area contributed by atoms with Crippen LogP contribution in [0.25, 0.3) is 0 Å². The van der Waals surface area contributed by atoms with E-state index in [0.717, 1.165) is 57.8 Å². The highest BCUT2D eigenvalue weighted by molar-refractivity contribution is 9.10. The Morgan fingerprint density at radius 2 is 1.98 bits per heavy atom. The molecule has 0 aliphatic carbocycles. The fourth-order valence-electron chi connectivity index (χ4n) is 8.90. The molecule has 13 heteroatoms. The predicted octanol–water partition coefficient (Wildman–Crippen LogP) is 5.38. The number of amides is 2. The summed E-state index contributed by atoms with van der Waals surface area (Å²) in [4.78, 5) is 30.2. The summed E-state index contributed by atoms with van der Waals surface area (Å²) < 4.78 is 15.5. The van der Waals surface area contributed by atoms with E-state index in [1.807, 2.05) is 64.3 Å². The zero-order chi connectivity index (χ0) is 37.3. The molecule has 3 aliphatic rings. The Kier molecular flexibility index (Phi) is 10.9. The molecule has 53 heavy (non-hydrogen) atoms. The van der Waals surface area contributed by atoms with Gasteiger partial charge in [-0.05, 0) is 79.4 Å². The van der Waals surface area contributed by atoms with Crippen molar-refractivity contribution in [1.29, 1.82) is 0 Å². The number of benzene rings is 3. The van der Waals surface area contributed by atoms with E-state index in [2.05, 4.69) is 75.1 Å². The van der Waals surface area contributed by atoms with Gasteiger partial charge in [0.1, 0.15) is 5.75 Å². The number of hydrogen-bond acceptors (Lipinski definition) is 8. The van der Waals surface area contributed by atoms with Crippen molar-refractivity contribution in [3.05, 3.63) is 94.2 Å². The van der Waals surface area contributed by atoms with E-state index in [-0.39, 0.29) is 41.9 Å². The largest absolute Gasteiger partial charge is 0.497 e. The monoisotopic (exact) mass is 800 g/mol. The van der Waals surface area contributed by atoms with Crippen molar-refractivity contribution in [2.24, 2.45) is 11.8 Å². The molecule has 4 aromatic rings. The van der Waals surface area contributed by atoms with Crippen molar-refractivity contribution >= 4 is 52.4 Å². The Bertz CT molecular complexity index is 1950. The molecule has 7 rings (SSSR count). The van der Waals surface area contributed by atoms with E-state index in [9.17, 15) is 9.90 Å². The molecule has 4 heterocycles. The predicted molar refractivity (Wildman–Crippen MR) is 211 cm³/mol. The number of anilines is 2. The number of rotatable bonds is 12. The minimum atomic E-state index is -2.33. The van der Waals surface area contributed by atoms with E-state index in [1.54, 1.807) is 7.11 Å². The van der Waals surface area contributed by atoms with Gasteiger partial charge >= 0.3 is 0 Å². The Balaban J connectivity index is 1.22. The maximum Gasteiger partial charge on any atom is 0.264 e. The summed E-state index contributed by atoms with van der Waals surface area (Å²) in [7, 11) is -0.656. The van der Waals surface area contributed by atoms with Crippen LogP contribution in [0.5, 0.6) is 5.75 Å². The first kappa shape index (κ1) is 37.4. The van der Waals surface area contributed by atoms with E-state index in [4.69, 9.17) is 9.47 Å². The molecule has 2 saturated heterocycles. The molecule has 0 saturated carbocycles. The number of carbonyl (C=O) groups excluding carboxylic acids is 2. The van der Waals surface area contributed by atoms with Crippen LogP contribution in [-0.4, -0.2) is 72.9 Å². The van der Waals surface area contributed by atoms with Gasteiger partial charge in [-0.15, -0.1) is 5.10 Å². The molecule has 3 aromatic carbocycles. The quantitative estimate of drug-likeness (QED) is 0.163. The van der Waals surface area contributed by atoms with Gasteiger partial charge in [-0.3, -0.25) is 14.3 Å². The molecule has 1 unspecified atom stereocenters. The zero-order valence-corrected chi connectivity index (χ0v) is 33.4. The number of aromatic nitrogens is 3. The Morgan fingerprint density at radius 3 is 2.72 bits per heavy atom. The highest BCUT2D eigenvalue weighted by Gasteiger charge is 2.66. The van der Waals surface area contributed by atoms with Crippen molar-refractivity contribution in [3.63, 3.8) is 0 Å². The third kappa shape index (κ3) is 7.21. The third-order valence-corrected chi connectivity index (χ3v) is 16.5. The highest BCUT2D eigenvalue weighted by atomic mass is 79.9. The number of hydrogen-bond donors (Lipinski definition) is 3. The van der Waals surface area contributed by atoms with Crippen LogP contribution in [0.4, 0.5) is 11.4 Å². The van der Waals surface area contributed by atoms with Gasteiger partial charge in [-0.2, -0.15) is 0 Å². The standard InChI is InChI=1S/C40H49BrN6O5Si/c1-26-37(53(3,4)33-13-11-32(51-2)12-14-33)36(16-19-46-25-31(17-20-48)44-45-46)52-40(26)34-22-29(41)10-15-35(34)47(39(40)50)24-27-7-5-9-30(21-27)43-38(49)28-8-6-18-42-23-28/h5,7,9-15,21-22,25-26,28,36-37,42,48H,6,8,16-20,23-24H2,1-4H3,(H,43,49)/t26-,28?,36+,37-,40+/m1/s1. The number of ether oxygens (including phenoxy) is 2. The van der Waals surface area contributed by atoms with Crippen molar-refractivity contribution < 1.29 is 24.2 Å². The maximum absolute atomic E-state index is 15.2. The average Bonchev–Trinajstić information content (AvgIpc) is 3.81. The highest BCUT2D eigenvalue weighted by Crippen LogP contribution is 2.60. The zero-order valence-electron chi connectivity index (χ0n) is 30.8. The molecule has 1 aromatic heterocycles. The van der Waals surface area contributed by atoms with Crippen molar-refractivity contribution in [2.75, 3.05) is 37.0 Å². The smallest absolute Gasteiger partial charge is 0.264 e. The number of halogens is 1. The molecule has 2 fully saturated rings. The van der Waals surface area contributed by atoms with Crippen LogP contribution in [-0.2, 0) is 39.4 Å². The van der Waals surface area contributed by atoms with Crippen LogP contribution in [0, 0.1) is 11.8 Å². The second-order valence-electron chi connectivity index (χ2n) is 15.2. The number of nitrogens with one attached hydrogen (secondary N) is 2. The minimum absolute atomic E-state index is 0.0128. The summed E-state index contributed by atoms with van der Waals surface area (Å²) in [6, 6.07) is 22.2. The molecule has 3 aliphatic heterocycles. The van der Waals surface area contributed by atoms with Crippen molar-refractivity contribution in [3.8, 4) is 5.75 Å². The van der Waals surface area contributed by atoms with Gasteiger partial charge in [-0.25, -0.2) is 0 Å². The number of aliphatic hydroxyl groups is 1. The van der Waals surface area contributed by atoms with Gasteiger partial charge in [0.2, 0.25) is 5.91 Å². The van der Waals surface area contributed by atoms with Crippen LogP contribution < -0.4 is 25.5 Å². The van der Waals surface area contributed by atoms with E-state index >= 15 is 4.79 Å². The lowest BCUT2D eigenvalue weighted by Gasteiger charge is -2.37. The average molecular weight is 802 g/mol. The van der Waals surface area contributed by atoms with Crippen LogP contribution in [0.15, 0.2) is 77.4 Å². The molecule has 3 N–H and O–H groups in total. The number of nitrogens with zero attached hydrogens (tertiary/aromatic N) is 4. The number of piperidine rings is 1. The molecule has 5 atom stereocenters. The second kappa shape index (κ2) is 15.5. The van der Waals surface area contributed by atoms with Gasteiger partial charge in [0.05, 0.1) is 45.1 Å². The van der Waals surface area contributed by atoms with Crippen molar-refractivity contribution in [2.45, 2.75) is 76.0 Å². The normalized spacial score (nSPS) is 24.1. The molecule has 1 spiro atoms. The molecule has 0 bridgehead atoms. The fraction of sp³-hybridized carbons (Fsp3) is 0.450. The minimum Gasteiger partial charge on any atom is -0.497 e. The molecule has 11 nitrogen and oxygen atoms in total. The number of carbonyl (C=O) groups is 2. The van der Waals surface area contributed by atoms with Crippen LogP contribution in [0.1, 0.15) is 43.0 Å². The molecule has 2 amide bonds. The van der Waals surface area contributed by atoms with Gasteiger partial charge < -0.3 is 30.1 Å². The molecular weight excluding hydrogens is 752 g/mol. The number of aliphatic hydroxyl groups excluding tert-OH is 1. The summed E-state index contributed by atoms with van der Waals surface area (Å²) in [5, 5.41) is 25.7. The Labute approximate surface area is 320 Å². The van der Waals surface area contributed by atoms with Gasteiger partial charge in [-0.1, -0.05) is 70.6 Å². The summed E-state index contributed by atoms with van der Waals surface area (Å²) in [6.45, 7) is 9.49. The first-order chi connectivity index (χ1) is 25.5. The lowest BCUT2D eigenvalue weighted by atomic mass is 9.82. The van der Waals surface area contributed by atoms with E-state index in [0.29, 0.717) is 32.5 Å². The van der Waals surface area contributed by atoms with Gasteiger partial charge in [0.15, 0.2) is 5.60 Å². The fourth-order valence-corrected chi connectivity index (χ4v) is 13.3. The Hall–Kier alpha value is -3.88. The van der Waals surface area contributed by atoms with Crippen molar-refractivity contribution in [1.82, 2.24) is 20.3 Å². The summed E-state index contributed by atoms with van der Waals surface area (Å²) >= 11 is 3.71. The Morgan fingerprint density at radius 1 is 1.17 bits per heavy atom. The number of aryl methyl sites for hydroxylation is 1. The molecule has 280 valence electrons. The van der Waals surface area contributed by atoms with Gasteiger partial charge in [0.25, 0.3) is 5.91 Å². The molecule has 0 radical (unpaired) electrons. The molecular formula is C40H49BrN6O5Si. The van der Waals surface area contributed by atoms with E-state index < -0.39 is 13.7 Å². The van der Waals surface area contributed by atoms with Crippen LogP contribution in [0.2, 0.25) is 18.6 Å². The number of methoxy groups -OCH3 is 1. The summed E-state index contributed by atoms with van der Waals surface area (Å²) in [6.07, 6.45) is 4.58. The third-order valence-electron chi connectivity index (χ3n) is 11.6. The SMILES string of the molecule is COc1ccc([Si](C)(C)[C@H]2[C@H](CCn3cc(CCO)nn3)O[C@@]3(C(=O)N(Cc4cccc(NC(=O)C5CCCNC5)c4)c4ccc(Br)cc43)[C@@H]2C)cc1. The first-order valence-corrected chi connectivity index (χ1v) is 22.5. The maximum atomic E-state index is 15.2. The van der Waals surface area contributed by atoms with Crippen LogP contribution >= 0.6 is 15.9 Å². The number of fused-ring (bicyclic) bond motifs is 2. The van der Waals surface area contributed by atoms with Gasteiger partial charge in [0, 0.05) is 54.0 Å². The lowest BCUT2D eigenvalue weighted by Crippen LogP contribution is -2.51. The summed E-state index contributed by atoms with van der Waals surface area (Å²) in [5.41, 5.74) is 2.96. The lowest BCUT2D eigenvalue weighted by molar-refractivity contribution is -0.146.